The third kappa shape index (κ3) is 3.35. The number of methoxy groups -OCH3 is 1. The van der Waals surface area contributed by atoms with Crippen LogP contribution in [0.2, 0.25) is 8.67 Å². The summed E-state index contributed by atoms with van der Waals surface area (Å²) in [6, 6.07) is 1.75. The molecule has 0 bridgehead atoms. The van der Waals surface area contributed by atoms with E-state index in [1.165, 1.54) is 34.5 Å². The highest BCUT2D eigenvalue weighted by Crippen LogP contribution is 2.39. The molecule has 0 radical (unpaired) electrons. The maximum absolute atomic E-state index is 12.3. The summed E-state index contributed by atoms with van der Waals surface area (Å²) in [7, 11) is 3.17. The Morgan fingerprint density at radius 1 is 1.43 bits per heavy atom. The van der Waals surface area contributed by atoms with Crippen LogP contribution in [0.25, 0.3) is 11.3 Å². The Morgan fingerprint density at radius 3 is 2.87 bits per heavy atom. The molecule has 6 nitrogen and oxygen atoms in total. The number of rotatable bonds is 4. The molecule has 0 aromatic carbocycles. The first kappa shape index (κ1) is 16.3. The van der Waals surface area contributed by atoms with Crippen LogP contribution in [0.5, 0.6) is 5.88 Å². The zero-order valence-electron chi connectivity index (χ0n) is 12.0. The molecule has 3 rings (SSSR count). The highest BCUT2D eigenvalue weighted by atomic mass is 35.5. The van der Waals surface area contributed by atoms with Gasteiger partial charge in [-0.05, 0) is 6.07 Å². The molecule has 0 atom stereocenters. The average Bonchev–Trinajstić information content (AvgIpc) is 3.18. The topological polar surface area (TPSA) is 69.0 Å². The van der Waals surface area contributed by atoms with Crippen molar-refractivity contribution in [2.24, 2.45) is 7.05 Å². The molecule has 1 N–H and O–H groups in total. The molecular formula is C13H10Cl2N4O2S2. The zero-order valence-corrected chi connectivity index (χ0v) is 15.1. The number of carbonyl (C=O) groups is 1. The van der Waals surface area contributed by atoms with E-state index in [9.17, 15) is 4.79 Å². The van der Waals surface area contributed by atoms with Gasteiger partial charge in [0, 0.05) is 24.2 Å². The van der Waals surface area contributed by atoms with Gasteiger partial charge in [0.2, 0.25) is 5.88 Å². The number of hydrogen-bond acceptors (Lipinski definition) is 6. The van der Waals surface area contributed by atoms with Gasteiger partial charge in [-0.25, -0.2) is 4.98 Å². The van der Waals surface area contributed by atoms with Crippen molar-refractivity contribution in [3.8, 4) is 17.1 Å². The lowest BCUT2D eigenvalue weighted by molar-refractivity contribution is 0.102. The fourth-order valence-electron chi connectivity index (χ4n) is 1.91. The van der Waals surface area contributed by atoms with E-state index >= 15 is 0 Å². The number of halogens is 2. The fourth-order valence-corrected chi connectivity index (χ4v) is 4.10. The molecule has 3 aromatic rings. The molecule has 0 unspecified atom stereocenters. The lowest BCUT2D eigenvalue weighted by Crippen LogP contribution is -2.12. The number of ether oxygens (including phenoxy) is 1. The van der Waals surface area contributed by atoms with Crippen LogP contribution in [0.3, 0.4) is 0 Å². The van der Waals surface area contributed by atoms with E-state index in [2.05, 4.69) is 15.4 Å². The van der Waals surface area contributed by atoms with Gasteiger partial charge in [-0.2, -0.15) is 0 Å². The highest BCUT2D eigenvalue weighted by Gasteiger charge is 2.18. The molecule has 0 fully saturated rings. The molecule has 0 saturated heterocycles. The summed E-state index contributed by atoms with van der Waals surface area (Å²) in [6.07, 6.45) is 1.58. The molecule has 0 saturated carbocycles. The second-order valence-corrected chi connectivity index (χ2v) is 7.60. The van der Waals surface area contributed by atoms with Crippen molar-refractivity contribution in [3.63, 3.8) is 0 Å². The van der Waals surface area contributed by atoms with Gasteiger partial charge in [0.15, 0.2) is 5.13 Å². The molecule has 3 aromatic heterocycles. The lowest BCUT2D eigenvalue weighted by Gasteiger charge is -2.00. The van der Waals surface area contributed by atoms with Gasteiger partial charge in [-0.1, -0.05) is 23.2 Å². The Morgan fingerprint density at radius 2 is 2.22 bits per heavy atom. The molecular weight excluding hydrogens is 379 g/mol. The average molecular weight is 389 g/mol. The van der Waals surface area contributed by atoms with E-state index in [0.29, 0.717) is 25.1 Å². The van der Waals surface area contributed by atoms with Crippen LogP contribution in [-0.2, 0) is 7.05 Å². The second kappa shape index (κ2) is 6.48. The predicted molar refractivity (Wildman–Crippen MR) is 93.2 cm³/mol. The summed E-state index contributed by atoms with van der Waals surface area (Å²) < 4.78 is 7.73. The third-order valence-corrected chi connectivity index (χ3v) is 5.14. The maximum Gasteiger partial charge on any atom is 0.264 e. The minimum absolute atomic E-state index is 0.259. The molecule has 1 amide bonds. The number of anilines is 1. The number of thiophene rings is 1. The minimum Gasteiger partial charge on any atom is -0.479 e. The number of nitrogens with zero attached hydrogens (tertiary/aromatic N) is 3. The van der Waals surface area contributed by atoms with Crippen molar-refractivity contribution in [1.29, 1.82) is 0 Å². The van der Waals surface area contributed by atoms with Crippen LogP contribution in [0, 0.1) is 0 Å². The van der Waals surface area contributed by atoms with Crippen LogP contribution in [0.1, 0.15) is 10.4 Å². The Labute approximate surface area is 149 Å². The van der Waals surface area contributed by atoms with Crippen LogP contribution in [0.4, 0.5) is 5.13 Å². The molecule has 3 heterocycles. The number of amides is 1. The number of hydrogen-bond donors (Lipinski definition) is 1. The molecule has 0 spiro atoms. The van der Waals surface area contributed by atoms with Crippen LogP contribution in [-0.4, -0.2) is 27.8 Å². The monoisotopic (exact) mass is 388 g/mol. The van der Waals surface area contributed by atoms with E-state index in [1.54, 1.807) is 24.7 Å². The quantitative estimate of drug-likeness (QED) is 0.727. The van der Waals surface area contributed by atoms with Gasteiger partial charge in [0.05, 0.1) is 17.1 Å². The van der Waals surface area contributed by atoms with Gasteiger partial charge in [-0.3, -0.25) is 14.8 Å². The van der Waals surface area contributed by atoms with Gasteiger partial charge < -0.3 is 4.74 Å². The van der Waals surface area contributed by atoms with E-state index < -0.39 is 0 Å². The Balaban J connectivity index is 1.81. The normalized spacial score (nSPS) is 10.8. The first-order chi connectivity index (χ1) is 11.0. The Kier molecular flexibility index (Phi) is 4.58. The van der Waals surface area contributed by atoms with E-state index in [4.69, 9.17) is 27.9 Å². The van der Waals surface area contributed by atoms with Crippen molar-refractivity contribution < 1.29 is 9.53 Å². The van der Waals surface area contributed by atoms with Gasteiger partial charge in [0.1, 0.15) is 9.90 Å². The highest BCUT2D eigenvalue weighted by molar-refractivity contribution is 7.20. The molecule has 120 valence electrons. The second-order valence-electron chi connectivity index (χ2n) is 4.46. The SMILES string of the molecule is COc1nn(C)cc1C(=O)Nc1nc(-c2cc(Cl)sc2Cl)cs1. The van der Waals surface area contributed by atoms with Crippen LogP contribution >= 0.6 is 45.9 Å². The summed E-state index contributed by atoms with van der Waals surface area (Å²) >= 11 is 14.6. The summed E-state index contributed by atoms with van der Waals surface area (Å²) in [5.41, 5.74) is 1.75. The summed E-state index contributed by atoms with van der Waals surface area (Å²) in [4.78, 5) is 16.7. The number of nitrogens with one attached hydrogen (secondary N) is 1. The third-order valence-electron chi connectivity index (χ3n) is 2.89. The van der Waals surface area contributed by atoms with Gasteiger partial charge >= 0.3 is 0 Å². The largest absolute Gasteiger partial charge is 0.479 e. The fraction of sp³-hybridized carbons (Fsp3) is 0.154. The van der Waals surface area contributed by atoms with Crippen molar-refractivity contribution in [1.82, 2.24) is 14.8 Å². The van der Waals surface area contributed by atoms with Crippen LogP contribution in [0.15, 0.2) is 17.6 Å². The first-order valence-corrected chi connectivity index (χ1v) is 8.73. The van der Waals surface area contributed by atoms with Crippen molar-refractivity contribution in [3.05, 3.63) is 31.9 Å². The zero-order chi connectivity index (χ0) is 16.6. The molecule has 0 aliphatic heterocycles. The van der Waals surface area contributed by atoms with E-state index in [0.717, 1.165) is 5.56 Å². The van der Waals surface area contributed by atoms with E-state index in [1.807, 2.05) is 0 Å². The molecule has 0 aliphatic carbocycles. The summed E-state index contributed by atoms with van der Waals surface area (Å²) in [5.74, 6) is -0.0836. The van der Waals surface area contributed by atoms with Crippen molar-refractivity contribution in [2.75, 3.05) is 12.4 Å². The van der Waals surface area contributed by atoms with Gasteiger partial charge in [0.25, 0.3) is 5.91 Å². The first-order valence-electron chi connectivity index (χ1n) is 6.27. The number of carbonyl (C=O) groups excluding carboxylic acids is 1. The van der Waals surface area contributed by atoms with Crippen molar-refractivity contribution >= 4 is 56.9 Å². The maximum atomic E-state index is 12.3. The number of thiazole rings is 1. The smallest absolute Gasteiger partial charge is 0.264 e. The van der Waals surface area contributed by atoms with E-state index in [-0.39, 0.29) is 11.8 Å². The molecule has 0 aliphatic rings. The molecule has 23 heavy (non-hydrogen) atoms. The summed E-state index contributed by atoms with van der Waals surface area (Å²) in [6.45, 7) is 0. The standard InChI is InChI=1S/C13H10Cl2N4O2S2/c1-19-4-7(12(18-19)21-2)11(20)17-13-16-8(5-22-13)6-3-9(14)23-10(6)15/h3-5H,1-2H3,(H,16,17,20). The Hall–Kier alpha value is -1.61. The molecule has 10 heteroatoms. The number of aryl methyl sites for hydroxylation is 1. The van der Waals surface area contributed by atoms with Crippen LogP contribution < -0.4 is 10.1 Å². The minimum atomic E-state index is -0.342. The van der Waals surface area contributed by atoms with Gasteiger partial charge in [-0.15, -0.1) is 27.8 Å². The number of aromatic nitrogens is 3. The Bertz CT molecular complexity index is 871. The lowest BCUT2D eigenvalue weighted by atomic mass is 10.3. The predicted octanol–water partition coefficient (Wildman–Crippen LogP) is 4.17. The summed E-state index contributed by atoms with van der Waals surface area (Å²) in [5, 5.41) is 9.03. The van der Waals surface area contributed by atoms with Crippen molar-refractivity contribution in [2.45, 2.75) is 0 Å².